The SMILES string of the molecule is CO[C@@H]1C[C@H](O[Si](c2ccccc2)(c2ccccc2)C(C)(C)C)C[C@@H](COS(=O)(=O)c2ccc(Cl)cc2)O1. The summed E-state index contributed by atoms with van der Waals surface area (Å²) >= 11 is 5.90. The van der Waals surface area contributed by atoms with Crippen molar-refractivity contribution in [1.82, 2.24) is 0 Å². The van der Waals surface area contributed by atoms with Crippen LogP contribution in [-0.4, -0.2) is 48.9 Å². The van der Waals surface area contributed by atoms with Crippen LogP contribution in [0.3, 0.4) is 0 Å². The lowest BCUT2D eigenvalue weighted by Gasteiger charge is -2.47. The van der Waals surface area contributed by atoms with Gasteiger partial charge in [-0.1, -0.05) is 93.0 Å². The lowest BCUT2D eigenvalue weighted by Crippen LogP contribution is -2.68. The van der Waals surface area contributed by atoms with E-state index in [0.29, 0.717) is 17.9 Å². The van der Waals surface area contributed by atoms with E-state index in [4.69, 9.17) is 29.7 Å². The molecule has 0 amide bonds. The molecule has 1 aliphatic heterocycles. The van der Waals surface area contributed by atoms with Gasteiger partial charge in [-0.25, -0.2) is 0 Å². The summed E-state index contributed by atoms with van der Waals surface area (Å²) in [5.74, 6) is 0. The Bertz CT molecular complexity index is 1240. The maximum Gasteiger partial charge on any atom is 0.297 e. The first-order valence-corrected chi connectivity index (χ1v) is 16.4. The molecule has 3 aromatic carbocycles. The van der Waals surface area contributed by atoms with Gasteiger partial charge in [0.05, 0.1) is 23.7 Å². The van der Waals surface area contributed by atoms with Crippen LogP contribution in [0.25, 0.3) is 0 Å². The third kappa shape index (κ3) is 6.39. The van der Waals surface area contributed by atoms with Gasteiger partial charge < -0.3 is 13.9 Å². The molecule has 6 nitrogen and oxygen atoms in total. The minimum Gasteiger partial charge on any atom is -0.404 e. The molecule has 0 radical (unpaired) electrons. The summed E-state index contributed by atoms with van der Waals surface area (Å²) in [5, 5.41) is 2.61. The second kappa shape index (κ2) is 12.0. The number of methoxy groups -OCH3 is 1. The zero-order valence-corrected chi connectivity index (χ0v) is 24.7. The zero-order chi connectivity index (χ0) is 27.4. The molecule has 204 valence electrons. The van der Waals surface area contributed by atoms with E-state index in [1.807, 2.05) is 12.1 Å². The van der Waals surface area contributed by atoms with Crippen LogP contribution in [0.15, 0.2) is 89.8 Å². The van der Waals surface area contributed by atoms with Crippen molar-refractivity contribution in [3.63, 3.8) is 0 Å². The summed E-state index contributed by atoms with van der Waals surface area (Å²) in [5.41, 5.74) is 0. The van der Waals surface area contributed by atoms with E-state index in [1.54, 1.807) is 7.11 Å². The van der Waals surface area contributed by atoms with Crippen LogP contribution >= 0.6 is 11.6 Å². The second-order valence-corrected chi connectivity index (χ2v) is 16.8. The summed E-state index contributed by atoms with van der Waals surface area (Å²) in [4.78, 5) is 0.0427. The molecule has 0 bridgehead atoms. The Morgan fingerprint density at radius 3 is 1.95 bits per heavy atom. The summed E-state index contributed by atoms with van der Waals surface area (Å²) in [7, 11) is -5.20. The highest BCUT2D eigenvalue weighted by atomic mass is 35.5. The Morgan fingerprint density at radius 2 is 1.45 bits per heavy atom. The van der Waals surface area contributed by atoms with Crippen molar-refractivity contribution in [2.75, 3.05) is 13.7 Å². The van der Waals surface area contributed by atoms with Gasteiger partial charge >= 0.3 is 0 Å². The van der Waals surface area contributed by atoms with Gasteiger partial charge in [0.1, 0.15) is 0 Å². The van der Waals surface area contributed by atoms with Gasteiger partial charge in [0.15, 0.2) is 6.29 Å². The summed E-state index contributed by atoms with van der Waals surface area (Å²) < 4.78 is 49.8. The molecule has 4 rings (SSSR count). The summed E-state index contributed by atoms with van der Waals surface area (Å²) in [6.07, 6.45) is -0.299. The first-order valence-electron chi connectivity index (χ1n) is 12.7. The third-order valence-corrected chi connectivity index (χ3v) is 13.5. The molecule has 0 aromatic heterocycles. The average Bonchev–Trinajstić information content (AvgIpc) is 2.91. The van der Waals surface area contributed by atoms with Crippen molar-refractivity contribution in [3.05, 3.63) is 90.0 Å². The van der Waals surface area contributed by atoms with Gasteiger partial charge in [-0.05, 0) is 39.7 Å². The molecule has 0 N–H and O–H groups in total. The first kappa shape index (κ1) is 29.0. The number of hydrogen-bond donors (Lipinski definition) is 0. The molecule has 0 spiro atoms. The molecule has 1 heterocycles. The molecular weight excluding hydrogens is 540 g/mol. The fraction of sp³-hybridized carbons (Fsp3) is 0.379. The number of ether oxygens (including phenoxy) is 2. The Hall–Kier alpha value is -2.04. The van der Waals surface area contributed by atoms with E-state index in [9.17, 15) is 8.42 Å². The zero-order valence-electron chi connectivity index (χ0n) is 22.2. The normalized spacial score (nSPS) is 20.8. The van der Waals surface area contributed by atoms with Gasteiger partial charge in [0.25, 0.3) is 18.4 Å². The Kier molecular flexibility index (Phi) is 9.14. The van der Waals surface area contributed by atoms with Gasteiger partial charge in [-0.2, -0.15) is 8.42 Å². The minimum absolute atomic E-state index is 0.0427. The molecule has 1 aliphatic rings. The molecule has 0 saturated carbocycles. The van der Waals surface area contributed by atoms with Crippen molar-refractivity contribution in [2.24, 2.45) is 0 Å². The molecular formula is C29H35ClO6SSi. The van der Waals surface area contributed by atoms with Crippen molar-refractivity contribution in [2.45, 2.75) is 62.0 Å². The standard InChI is InChI=1S/C29H35ClO6SSi/c1-29(2,3)38(26-11-7-5-8-12-26,27-13-9-6-10-14-27)36-23-19-24(35-28(20-23)33-4)21-34-37(31,32)25-17-15-22(30)16-18-25/h5-18,23-24,28H,19-21H2,1-4H3/t23-,24+,28+/m1/s1. The van der Waals surface area contributed by atoms with Gasteiger partial charge in [-0.3, -0.25) is 4.18 Å². The molecule has 0 unspecified atom stereocenters. The van der Waals surface area contributed by atoms with Crippen LogP contribution in [0.4, 0.5) is 0 Å². The van der Waals surface area contributed by atoms with Crippen molar-refractivity contribution in [1.29, 1.82) is 0 Å². The molecule has 9 heteroatoms. The lowest BCUT2D eigenvalue weighted by molar-refractivity contribution is -0.206. The van der Waals surface area contributed by atoms with Crippen molar-refractivity contribution in [3.8, 4) is 0 Å². The molecule has 3 aromatic rings. The van der Waals surface area contributed by atoms with Crippen LogP contribution in [0.1, 0.15) is 33.6 Å². The highest BCUT2D eigenvalue weighted by Crippen LogP contribution is 2.39. The molecule has 0 aliphatic carbocycles. The second-order valence-electron chi connectivity index (χ2n) is 10.5. The fourth-order valence-corrected chi connectivity index (χ4v) is 10.8. The van der Waals surface area contributed by atoms with Crippen molar-refractivity contribution >= 4 is 40.4 Å². The van der Waals surface area contributed by atoms with Crippen LogP contribution in [-0.2, 0) is 28.2 Å². The molecule has 3 atom stereocenters. The van der Waals surface area contributed by atoms with E-state index in [-0.39, 0.29) is 22.6 Å². The molecule has 1 saturated heterocycles. The largest absolute Gasteiger partial charge is 0.404 e. The number of hydrogen-bond acceptors (Lipinski definition) is 6. The topological polar surface area (TPSA) is 71.1 Å². The molecule has 1 fully saturated rings. The highest BCUT2D eigenvalue weighted by molar-refractivity contribution is 7.86. The Balaban J connectivity index is 1.62. The minimum atomic E-state index is -3.97. The van der Waals surface area contributed by atoms with Crippen LogP contribution < -0.4 is 10.4 Å². The molecule has 38 heavy (non-hydrogen) atoms. The lowest BCUT2D eigenvalue weighted by atomic mass is 10.1. The first-order chi connectivity index (χ1) is 18.0. The number of benzene rings is 3. The van der Waals surface area contributed by atoms with Gasteiger partial charge in [0.2, 0.25) is 0 Å². The van der Waals surface area contributed by atoms with Crippen LogP contribution in [0, 0.1) is 0 Å². The fourth-order valence-electron chi connectivity index (χ4n) is 5.06. The Labute approximate surface area is 232 Å². The Morgan fingerprint density at radius 1 is 0.895 bits per heavy atom. The summed E-state index contributed by atoms with van der Waals surface area (Å²) in [6.45, 7) is 6.54. The monoisotopic (exact) mass is 574 g/mol. The maximum absolute atomic E-state index is 12.8. The van der Waals surface area contributed by atoms with E-state index >= 15 is 0 Å². The van der Waals surface area contributed by atoms with E-state index in [1.165, 1.54) is 34.6 Å². The van der Waals surface area contributed by atoms with E-state index in [2.05, 4.69) is 69.3 Å². The predicted molar refractivity (Wildman–Crippen MR) is 152 cm³/mol. The average molecular weight is 575 g/mol. The highest BCUT2D eigenvalue weighted by Gasteiger charge is 2.52. The third-order valence-electron chi connectivity index (χ3n) is 6.86. The van der Waals surface area contributed by atoms with E-state index in [0.717, 1.165) is 0 Å². The maximum atomic E-state index is 12.8. The van der Waals surface area contributed by atoms with Crippen LogP contribution in [0.2, 0.25) is 10.1 Å². The predicted octanol–water partition coefficient (Wildman–Crippen LogP) is 5.14. The number of rotatable bonds is 9. The smallest absolute Gasteiger partial charge is 0.297 e. The van der Waals surface area contributed by atoms with Gasteiger partial charge in [-0.15, -0.1) is 0 Å². The van der Waals surface area contributed by atoms with Gasteiger partial charge in [0, 0.05) is 25.0 Å². The van der Waals surface area contributed by atoms with E-state index < -0.39 is 30.8 Å². The number of halogens is 1. The summed E-state index contributed by atoms with van der Waals surface area (Å²) in [6, 6.07) is 26.7. The quantitative estimate of drug-likeness (QED) is 0.260. The van der Waals surface area contributed by atoms with Crippen molar-refractivity contribution < 1.29 is 26.5 Å². The van der Waals surface area contributed by atoms with Crippen LogP contribution in [0.5, 0.6) is 0 Å².